The van der Waals surface area contributed by atoms with Crippen LogP contribution in [-0.2, 0) is 0 Å². The number of halogens is 1. The highest BCUT2D eigenvalue weighted by Crippen LogP contribution is 2.26. The van der Waals surface area contributed by atoms with Crippen LogP contribution in [0.3, 0.4) is 0 Å². The monoisotopic (exact) mass is 290 g/mol. The lowest BCUT2D eigenvalue weighted by atomic mass is 10.1. The molecule has 110 valence electrons. The molecule has 0 spiro atoms. The fourth-order valence-electron chi connectivity index (χ4n) is 1.90. The first-order valence-electron chi connectivity index (χ1n) is 6.14. The van der Waals surface area contributed by atoms with Crippen LogP contribution >= 0.6 is 0 Å². The van der Waals surface area contributed by atoms with Crippen molar-refractivity contribution in [3.05, 3.63) is 47.8 Å². The van der Waals surface area contributed by atoms with E-state index >= 15 is 0 Å². The average molecular weight is 290 g/mol. The minimum absolute atomic E-state index is 0.158. The topological polar surface area (TPSA) is 73.6 Å². The van der Waals surface area contributed by atoms with Crippen LogP contribution in [0.2, 0.25) is 0 Å². The molecule has 21 heavy (non-hydrogen) atoms. The predicted molar refractivity (Wildman–Crippen MR) is 78.3 cm³/mol. The van der Waals surface area contributed by atoms with Gasteiger partial charge < -0.3 is 20.5 Å². The summed E-state index contributed by atoms with van der Waals surface area (Å²) in [5, 5.41) is 2.57. The van der Waals surface area contributed by atoms with Gasteiger partial charge in [-0.3, -0.25) is 4.79 Å². The summed E-state index contributed by atoms with van der Waals surface area (Å²) < 4.78 is 23.8. The molecule has 2 aromatic carbocycles. The summed E-state index contributed by atoms with van der Waals surface area (Å²) in [6.45, 7) is 0. The van der Waals surface area contributed by atoms with E-state index in [0.29, 0.717) is 17.1 Å². The fraction of sp³-hybridized carbons (Fsp3) is 0.133. The van der Waals surface area contributed by atoms with Crippen LogP contribution in [0.15, 0.2) is 36.4 Å². The molecule has 0 aliphatic rings. The Balaban J connectivity index is 2.28. The van der Waals surface area contributed by atoms with Crippen LogP contribution in [0.1, 0.15) is 10.4 Å². The Morgan fingerprint density at radius 2 is 1.86 bits per heavy atom. The molecule has 0 aliphatic heterocycles. The Hall–Kier alpha value is -2.76. The Morgan fingerprint density at radius 3 is 2.48 bits per heavy atom. The van der Waals surface area contributed by atoms with Crippen molar-refractivity contribution in [1.29, 1.82) is 0 Å². The number of carbonyl (C=O) groups is 1. The molecule has 3 N–H and O–H groups in total. The van der Waals surface area contributed by atoms with E-state index in [1.807, 2.05) is 0 Å². The van der Waals surface area contributed by atoms with Gasteiger partial charge in [0.1, 0.15) is 22.9 Å². The third kappa shape index (κ3) is 3.05. The lowest BCUT2D eigenvalue weighted by Crippen LogP contribution is -2.15. The van der Waals surface area contributed by atoms with E-state index in [9.17, 15) is 9.18 Å². The summed E-state index contributed by atoms with van der Waals surface area (Å²) in [5.41, 5.74) is 6.40. The minimum Gasteiger partial charge on any atom is -0.496 e. The number of nitrogen functional groups attached to an aromatic ring is 1. The first kappa shape index (κ1) is 14.6. The van der Waals surface area contributed by atoms with Crippen LogP contribution in [0.5, 0.6) is 11.5 Å². The van der Waals surface area contributed by atoms with E-state index in [2.05, 4.69) is 5.32 Å². The molecule has 0 saturated carbocycles. The van der Waals surface area contributed by atoms with E-state index in [0.717, 1.165) is 0 Å². The first-order valence-corrected chi connectivity index (χ1v) is 6.14. The van der Waals surface area contributed by atoms with E-state index in [-0.39, 0.29) is 11.3 Å². The van der Waals surface area contributed by atoms with Crippen LogP contribution in [0.25, 0.3) is 0 Å². The largest absolute Gasteiger partial charge is 0.496 e. The normalized spacial score (nSPS) is 10.0. The smallest absolute Gasteiger partial charge is 0.262 e. The number of amides is 1. The second-order valence-electron chi connectivity index (χ2n) is 4.23. The van der Waals surface area contributed by atoms with Crippen LogP contribution in [-0.4, -0.2) is 20.1 Å². The van der Waals surface area contributed by atoms with Gasteiger partial charge in [-0.1, -0.05) is 6.07 Å². The Labute approximate surface area is 121 Å². The number of nitrogens with one attached hydrogen (secondary N) is 1. The van der Waals surface area contributed by atoms with Crippen molar-refractivity contribution < 1.29 is 18.7 Å². The van der Waals surface area contributed by atoms with E-state index in [4.69, 9.17) is 15.2 Å². The van der Waals surface area contributed by atoms with Gasteiger partial charge >= 0.3 is 0 Å². The molecule has 6 heteroatoms. The highest BCUT2D eigenvalue weighted by atomic mass is 19.1. The molecule has 2 rings (SSSR count). The number of nitrogens with two attached hydrogens (primary N) is 1. The van der Waals surface area contributed by atoms with Crippen molar-refractivity contribution in [2.75, 3.05) is 25.3 Å². The standard InChI is InChI=1S/C15H15FN2O3/c1-20-12-7-6-9(8-11(12)17)18-15(19)14-10(16)4-3-5-13(14)21-2/h3-8H,17H2,1-2H3,(H,18,19). The van der Waals surface area contributed by atoms with Crippen molar-refractivity contribution in [1.82, 2.24) is 0 Å². The maximum Gasteiger partial charge on any atom is 0.262 e. The molecule has 0 radical (unpaired) electrons. The van der Waals surface area contributed by atoms with Gasteiger partial charge in [-0.15, -0.1) is 0 Å². The van der Waals surface area contributed by atoms with Gasteiger partial charge in [-0.2, -0.15) is 0 Å². The number of hydrogen-bond donors (Lipinski definition) is 2. The minimum atomic E-state index is -0.659. The van der Waals surface area contributed by atoms with Crippen LogP contribution < -0.4 is 20.5 Å². The van der Waals surface area contributed by atoms with Gasteiger partial charge in [0.15, 0.2) is 0 Å². The summed E-state index contributed by atoms with van der Waals surface area (Å²) in [4.78, 5) is 12.2. The zero-order chi connectivity index (χ0) is 15.4. The number of carbonyl (C=O) groups excluding carboxylic acids is 1. The molecule has 0 unspecified atom stereocenters. The quantitative estimate of drug-likeness (QED) is 0.849. The summed E-state index contributed by atoms with van der Waals surface area (Å²) >= 11 is 0. The van der Waals surface area contributed by atoms with Crippen LogP contribution in [0, 0.1) is 5.82 Å². The van der Waals surface area contributed by atoms with Crippen molar-refractivity contribution in [3.8, 4) is 11.5 Å². The number of hydrogen-bond acceptors (Lipinski definition) is 4. The van der Waals surface area contributed by atoms with E-state index in [1.165, 1.54) is 38.5 Å². The molecule has 0 aliphatic carbocycles. The lowest BCUT2D eigenvalue weighted by Gasteiger charge is -2.11. The SMILES string of the molecule is COc1ccc(NC(=O)c2c(F)cccc2OC)cc1N. The number of benzene rings is 2. The maximum absolute atomic E-state index is 13.8. The number of methoxy groups -OCH3 is 2. The second kappa shape index (κ2) is 6.13. The van der Waals surface area contributed by atoms with Gasteiger partial charge in [0.25, 0.3) is 5.91 Å². The van der Waals surface area contributed by atoms with Gasteiger partial charge in [0.2, 0.25) is 0 Å². The number of anilines is 2. The fourth-order valence-corrected chi connectivity index (χ4v) is 1.90. The van der Waals surface area contributed by atoms with Crippen molar-refractivity contribution in [2.45, 2.75) is 0 Å². The molecule has 1 amide bonds. The van der Waals surface area contributed by atoms with E-state index < -0.39 is 11.7 Å². The third-order valence-corrected chi connectivity index (χ3v) is 2.91. The second-order valence-corrected chi connectivity index (χ2v) is 4.23. The molecule has 5 nitrogen and oxygen atoms in total. The summed E-state index contributed by atoms with van der Waals surface area (Å²) in [6, 6.07) is 8.94. The zero-order valence-electron chi connectivity index (χ0n) is 11.6. The molecule has 0 fully saturated rings. The molecule has 2 aromatic rings. The molecule has 0 aromatic heterocycles. The van der Waals surface area contributed by atoms with Crippen LogP contribution in [0.4, 0.5) is 15.8 Å². The van der Waals surface area contributed by atoms with Crippen molar-refractivity contribution in [3.63, 3.8) is 0 Å². The summed E-state index contributed by atoms with van der Waals surface area (Å²) in [6.07, 6.45) is 0. The molecule has 0 saturated heterocycles. The number of ether oxygens (including phenoxy) is 2. The van der Waals surface area contributed by atoms with Crippen molar-refractivity contribution >= 4 is 17.3 Å². The number of rotatable bonds is 4. The highest BCUT2D eigenvalue weighted by Gasteiger charge is 2.17. The highest BCUT2D eigenvalue weighted by molar-refractivity contribution is 6.06. The van der Waals surface area contributed by atoms with E-state index in [1.54, 1.807) is 12.1 Å². The van der Waals surface area contributed by atoms with Gasteiger partial charge in [-0.05, 0) is 30.3 Å². The Morgan fingerprint density at radius 1 is 1.14 bits per heavy atom. The molecular formula is C15H15FN2O3. The summed E-state index contributed by atoms with van der Waals surface area (Å²) in [7, 11) is 2.87. The average Bonchev–Trinajstić information content (AvgIpc) is 2.46. The van der Waals surface area contributed by atoms with Gasteiger partial charge in [0.05, 0.1) is 19.9 Å². The van der Waals surface area contributed by atoms with Gasteiger partial charge in [0, 0.05) is 5.69 Å². The van der Waals surface area contributed by atoms with Gasteiger partial charge in [-0.25, -0.2) is 4.39 Å². The lowest BCUT2D eigenvalue weighted by molar-refractivity contribution is 0.102. The summed E-state index contributed by atoms with van der Waals surface area (Å²) in [5.74, 6) is -0.617. The Bertz CT molecular complexity index is 674. The first-order chi connectivity index (χ1) is 10.1. The maximum atomic E-state index is 13.8. The third-order valence-electron chi connectivity index (χ3n) is 2.91. The Kier molecular flexibility index (Phi) is 4.27. The molecule has 0 heterocycles. The predicted octanol–water partition coefficient (Wildman–Crippen LogP) is 2.68. The molecule has 0 atom stereocenters. The zero-order valence-corrected chi connectivity index (χ0v) is 11.6. The van der Waals surface area contributed by atoms with Crippen molar-refractivity contribution in [2.24, 2.45) is 0 Å². The molecule has 0 bridgehead atoms. The molecular weight excluding hydrogens is 275 g/mol.